The Morgan fingerprint density at radius 1 is 1.22 bits per heavy atom. The molecule has 102 valence electrons. The molecule has 0 aliphatic carbocycles. The second-order valence-electron chi connectivity index (χ2n) is 4.38. The zero-order valence-electron chi connectivity index (χ0n) is 10.3. The van der Waals surface area contributed by atoms with Crippen molar-refractivity contribution >= 4 is 34.8 Å². The lowest BCUT2D eigenvalue weighted by molar-refractivity contribution is 0.214. The van der Waals surface area contributed by atoms with Gasteiger partial charge in [-0.15, -0.1) is 0 Å². The minimum Gasteiger partial charge on any atom is -0.396 e. The number of hydrogen-bond acceptors (Lipinski definition) is 2. The fraction of sp³-hybridized carbons (Fsp3) is 0.538. The molecule has 2 nitrogen and oxygen atoms in total. The Morgan fingerprint density at radius 3 is 2.33 bits per heavy atom. The average Bonchev–Trinajstić information content (AvgIpc) is 2.38. The molecule has 0 radical (unpaired) electrons. The highest BCUT2D eigenvalue weighted by atomic mass is 35.5. The molecule has 0 saturated heterocycles. The van der Waals surface area contributed by atoms with E-state index in [1.165, 1.54) is 0 Å². The monoisotopic (exact) mass is 309 g/mol. The lowest BCUT2D eigenvalue weighted by atomic mass is 9.87. The topological polar surface area (TPSA) is 46.2 Å². The van der Waals surface area contributed by atoms with Crippen LogP contribution in [0.4, 0.5) is 0 Å². The first kappa shape index (κ1) is 16.1. The fourth-order valence-electron chi connectivity index (χ4n) is 2.05. The highest BCUT2D eigenvalue weighted by molar-refractivity contribution is 6.44. The van der Waals surface area contributed by atoms with Gasteiger partial charge in [0.25, 0.3) is 0 Å². The second kappa shape index (κ2) is 7.56. The molecule has 0 amide bonds. The Bertz CT molecular complexity index is 394. The molecule has 2 unspecified atom stereocenters. The van der Waals surface area contributed by atoms with E-state index in [1.54, 1.807) is 12.1 Å². The van der Waals surface area contributed by atoms with Crippen LogP contribution in [0, 0.1) is 5.92 Å². The summed E-state index contributed by atoms with van der Waals surface area (Å²) in [7, 11) is 0. The number of hydrogen-bond donors (Lipinski definition) is 2. The van der Waals surface area contributed by atoms with E-state index in [2.05, 4.69) is 6.92 Å². The van der Waals surface area contributed by atoms with Crippen LogP contribution >= 0.6 is 34.8 Å². The number of nitrogens with two attached hydrogens (primary N) is 1. The smallest absolute Gasteiger partial charge is 0.0641 e. The summed E-state index contributed by atoms with van der Waals surface area (Å²) < 4.78 is 0. The van der Waals surface area contributed by atoms with Gasteiger partial charge in [0.2, 0.25) is 0 Å². The zero-order valence-corrected chi connectivity index (χ0v) is 12.6. The molecule has 1 rings (SSSR count). The normalized spacial score (nSPS) is 14.6. The Morgan fingerprint density at radius 2 is 1.83 bits per heavy atom. The maximum Gasteiger partial charge on any atom is 0.0641 e. The van der Waals surface area contributed by atoms with Gasteiger partial charge in [-0.25, -0.2) is 0 Å². The van der Waals surface area contributed by atoms with E-state index in [0.29, 0.717) is 21.6 Å². The van der Waals surface area contributed by atoms with Gasteiger partial charge in [-0.1, -0.05) is 41.7 Å². The molecule has 2 atom stereocenters. The van der Waals surface area contributed by atoms with Gasteiger partial charge in [0.1, 0.15) is 0 Å². The summed E-state index contributed by atoms with van der Waals surface area (Å²) in [4.78, 5) is 0. The molecule has 0 aromatic heterocycles. The van der Waals surface area contributed by atoms with Gasteiger partial charge in [-0.3, -0.25) is 0 Å². The van der Waals surface area contributed by atoms with Crippen molar-refractivity contribution in [2.45, 2.75) is 25.7 Å². The molecule has 5 heteroatoms. The Labute approximate surface area is 123 Å². The molecule has 1 aromatic carbocycles. The van der Waals surface area contributed by atoms with Crippen LogP contribution in [0.2, 0.25) is 15.1 Å². The molecule has 0 aliphatic rings. The van der Waals surface area contributed by atoms with Crippen molar-refractivity contribution in [3.05, 3.63) is 32.8 Å². The standard InChI is InChI=1S/C13H18Cl3NO/c1-2-9(5-8(6-17)7-18)12-10(14)3-4-11(15)13(12)16/h3-4,8-9,18H,2,5-7,17H2,1H3. The minimum atomic E-state index is 0.0565. The third-order valence-electron chi connectivity index (χ3n) is 3.19. The van der Waals surface area contributed by atoms with E-state index in [4.69, 9.17) is 40.5 Å². The number of rotatable bonds is 6. The van der Waals surface area contributed by atoms with Gasteiger partial charge in [-0.05, 0) is 48.9 Å². The van der Waals surface area contributed by atoms with Gasteiger partial charge >= 0.3 is 0 Å². The van der Waals surface area contributed by atoms with Crippen LogP contribution in [0.15, 0.2) is 12.1 Å². The number of aliphatic hydroxyl groups is 1. The SMILES string of the molecule is CCC(CC(CN)CO)c1c(Cl)ccc(Cl)c1Cl. The molecule has 0 bridgehead atoms. The number of benzene rings is 1. The van der Waals surface area contributed by atoms with Gasteiger partial charge in [0.05, 0.1) is 10.0 Å². The van der Waals surface area contributed by atoms with Crippen molar-refractivity contribution in [3.63, 3.8) is 0 Å². The molecule has 0 spiro atoms. The zero-order chi connectivity index (χ0) is 13.7. The first-order chi connectivity index (χ1) is 8.54. The summed E-state index contributed by atoms with van der Waals surface area (Å²) in [5.41, 5.74) is 6.48. The summed E-state index contributed by atoms with van der Waals surface area (Å²) in [6.07, 6.45) is 1.62. The van der Waals surface area contributed by atoms with Crippen molar-refractivity contribution in [3.8, 4) is 0 Å². The van der Waals surface area contributed by atoms with E-state index < -0.39 is 0 Å². The summed E-state index contributed by atoms with van der Waals surface area (Å²) in [6, 6.07) is 3.44. The second-order valence-corrected chi connectivity index (χ2v) is 5.57. The molecular weight excluding hydrogens is 293 g/mol. The van der Waals surface area contributed by atoms with Crippen LogP contribution in [0.3, 0.4) is 0 Å². The maximum atomic E-state index is 9.24. The third-order valence-corrected chi connectivity index (χ3v) is 4.34. The average molecular weight is 311 g/mol. The van der Waals surface area contributed by atoms with Crippen LogP contribution in [0.25, 0.3) is 0 Å². The minimum absolute atomic E-state index is 0.0565. The lowest BCUT2D eigenvalue weighted by Gasteiger charge is -2.23. The van der Waals surface area contributed by atoms with Crippen LogP contribution < -0.4 is 5.73 Å². The largest absolute Gasteiger partial charge is 0.396 e. The number of aliphatic hydroxyl groups excluding tert-OH is 1. The summed E-state index contributed by atoms with van der Waals surface area (Å²) in [5.74, 6) is 0.213. The van der Waals surface area contributed by atoms with Crippen molar-refractivity contribution in [1.29, 1.82) is 0 Å². The summed E-state index contributed by atoms with van der Waals surface area (Å²) in [5, 5.41) is 10.9. The van der Waals surface area contributed by atoms with E-state index in [9.17, 15) is 5.11 Å². The molecular formula is C13H18Cl3NO. The Hall–Kier alpha value is 0.01000. The van der Waals surface area contributed by atoms with E-state index in [1.807, 2.05) is 0 Å². The van der Waals surface area contributed by atoms with Crippen molar-refractivity contribution in [1.82, 2.24) is 0 Å². The molecule has 3 N–H and O–H groups in total. The van der Waals surface area contributed by atoms with Crippen LogP contribution in [0.1, 0.15) is 31.2 Å². The van der Waals surface area contributed by atoms with Gasteiger partial charge in [0.15, 0.2) is 0 Å². The van der Waals surface area contributed by atoms with Crippen molar-refractivity contribution in [2.24, 2.45) is 11.7 Å². The number of halogens is 3. The van der Waals surface area contributed by atoms with Gasteiger partial charge in [-0.2, -0.15) is 0 Å². The highest BCUT2D eigenvalue weighted by Gasteiger charge is 2.21. The predicted molar refractivity (Wildman–Crippen MR) is 78.8 cm³/mol. The van der Waals surface area contributed by atoms with Gasteiger partial charge < -0.3 is 10.8 Å². The highest BCUT2D eigenvalue weighted by Crippen LogP contribution is 2.40. The molecule has 18 heavy (non-hydrogen) atoms. The van der Waals surface area contributed by atoms with Crippen molar-refractivity contribution in [2.75, 3.05) is 13.2 Å². The maximum absolute atomic E-state index is 9.24. The van der Waals surface area contributed by atoms with Crippen LogP contribution in [-0.4, -0.2) is 18.3 Å². The first-order valence-electron chi connectivity index (χ1n) is 5.99. The Kier molecular flexibility index (Phi) is 6.75. The van der Waals surface area contributed by atoms with Crippen LogP contribution in [-0.2, 0) is 0 Å². The summed E-state index contributed by atoms with van der Waals surface area (Å²) >= 11 is 18.5. The molecule has 0 fully saturated rings. The van der Waals surface area contributed by atoms with E-state index >= 15 is 0 Å². The quantitative estimate of drug-likeness (QED) is 0.777. The van der Waals surface area contributed by atoms with E-state index in [-0.39, 0.29) is 18.4 Å². The third kappa shape index (κ3) is 3.75. The fourth-order valence-corrected chi connectivity index (χ4v) is 2.90. The predicted octanol–water partition coefficient (Wildman–Crippen LogP) is 4.10. The summed E-state index contributed by atoms with van der Waals surface area (Å²) in [6.45, 7) is 2.58. The molecule has 0 heterocycles. The van der Waals surface area contributed by atoms with Gasteiger partial charge in [0, 0.05) is 11.6 Å². The Balaban J connectivity index is 3.05. The molecule has 0 aliphatic heterocycles. The molecule has 1 aromatic rings. The van der Waals surface area contributed by atoms with Crippen molar-refractivity contribution < 1.29 is 5.11 Å². The first-order valence-corrected chi connectivity index (χ1v) is 7.12. The van der Waals surface area contributed by atoms with Crippen LogP contribution in [0.5, 0.6) is 0 Å². The molecule has 0 saturated carbocycles. The lowest BCUT2D eigenvalue weighted by Crippen LogP contribution is -2.21. The van der Waals surface area contributed by atoms with E-state index in [0.717, 1.165) is 18.4 Å².